The van der Waals surface area contributed by atoms with Crippen LogP contribution in [0.3, 0.4) is 0 Å². The van der Waals surface area contributed by atoms with E-state index in [4.69, 9.17) is 4.42 Å². The number of benzene rings is 4. The Kier molecular flexibility index (Phi) is 6.82. The van der Waals surface area contributed by atoms with E-state index in [1.54, 1.807) is 48.5 Å². The van der Waals surface area contributed by atoms with Crippen LogP contribution in [0.5, 0.6) is 0 Å². The molecule has 0 radical (unpaired) electrons. The highest BCUT2D eigenvalue weighted by Gasteiger charge is 2.60. The van der Waals surface area contributed by atoms with Gasteiger partial charge in [-0.15, -0.1) is 0 Å². The Hall–Kier alpha value is -4.17. The number of rotatable bonds is 7. The first-order valence-electron chi connectivity index (χ1n) is 13.5. The van der Waals surface area contributed by atoms with Gasteiger partial charge in [0.05, 0.1) is 17.2 Å². The van der Waals surface area contributed by atoms with Crippen molar-refractivity contribution in [3.05, 3.63) is 143 Å². The molecule has 208 valence electrons. The van der Waals surface area contributed by atoms with Gasteiger partial charge >= 0.3 is 0 Å². The highest BCUT2D eigenvalue weighted by atomic mass is 32.2. The zero-order valence-corrected chi connectivity index (χ0v) is 23.6. The fraction of sp³-hybridized carbons (Fsp3) is 0.176. The van der Waals surface area contributed by atoms with Gasteiger partial charge in [0.1, 0.15) is 23.2 Å². The summed E-state index contributed by atoms with van der Waals surface area (Å²) in [5, 5.41) is 23.7. The monoisotopic (exact) mass is 565 g/mol. The summed E-state index contributed by atoms with van der Waals surface area (Å²) in [6, 6.07) is 33.0. The summed E-state index contributed by atoms with van der Waals surface area (Å²) in [7, 11) is -4.25. The third-order valence-corrected chi connectivity index (χ3v) is 9.76. The van der Waals surface area contributed by atoms with Crippen LogP contribution in [0, 0.1) is 13.8 Å². The van der Waals surface area contributed by atoms with Crippen molar-refractivity contribution in [3.63, 3.8) is 0 Å². The minimum absolute atomic E-state index is 0.0819. The van der Waals surface area contributed by atoms with E-state index in [1.807, 2.05) is 80.6 Å². The van der Waals surface area contributed by atoms with E-state index in [-0.39, 0.29) is 4.90 Å². The molecule has 3 atom stereocenters. The van der Waals surface area contributed by atoms with Gasteiger partial charge in [-0.05, 0) is 43.7 Å². The molecule has 0 fully saturated rings. The molecule has 1 aromatic heterocycles. The largest absolute Gasteiger partial charge is 0.461 e. The van der Waals surface area contributed by atoms with Crippen LogP contribution in [0.1, 0.15) is 40.0 Å². The predicted molar refractivity (Wildman–Crippen MR) is 159 cm³/mol. The topological polar surface area (TPSA) is 91.0 Å². The lowest BCUT2D eigenvalue weighted by Gasteiger charge is -2.41. The molecule has 5 aromatic rings. The zero-order chi connectivity index (χ0) is 28.8. The lowest BCUT2D eigenvalue weighted by Crippen LogP contribution is -2.51. The van der Waals surface area contributed by atoms with E-state index < -0.39 is 34.2 Å². The van der Waals surface area contributed by atoms with Gasteiger partial charge in [0.25, 0.3) is 10.0 Å². The Morgan fingerprint density at radius 2 is 1.34 bits per heavy atom. The average Bonchev–Trinajstić information content (AvgIpc) is 3.46. The summed E-state index contributed by atoms with van der Waals surface area (Å²) >= 11 is 0. The Labute approximate surface area is 240 Å². The fourth-order valence-corrected chi connectivity index (χ4v) is 7.76. The van der Waals surface area contributed by atoms with Crippen molar-refractivity contribution in [2.24, 2.45) is 0 Å². The number of para-hydroxylation sites is 1. The number of nitrogens with zero attached hydrogens (tertiary/aromatic N) is 1. The van der Waals surface area contributed by atoms with Gasteiger partial charge in [-0.1, -0.05) is 96.6 Å². The Bertz CT molecular complexity index is 1770. The Balaban J connectivity index is 1.70. The summed E-state index contributed by atoms with van der Waals surface area (Å²) < 4.78 is 37.0. The number of aryl methyl sites for hydroxylation is 2. The normalized spacial score (nSPS) is 20.1. The molecule has 2 N–H and O–H groups in total. The molecule has 0 saturated carbocycles. The first-order valence-corrected chi connectivity index (χ1v) is 14.9. The number of furan rings is 1. The van der Waals surface area contributed by atoms with Crippen molar-refractivity contribution < 1.29 is 23.0 Å². The Morgan fingerprint density at radius 3 is 1.93 bits per heavy atom. The standard InChI is InChI=1S/C34H31NO5S/c1-23-18-20-28(21-19-23)41(38,39)35(27-16-10-5-11-17-27)33-30-29(24(2)40-32(30)26-14-8-4-9-15-26)31(34(33,37)22-36)25-12-6-3-7-13-25/h3-21,31,33,36-37H,22H2,1-2H3/t31-,33-,34-/m1/s1. The smallest absolute Gasteiger partial charge is 0.264 e. The second-order valence-corrected chi connectivity index (χ2v) is 12.3. The molecule has 1 aliphatic rings. The van der Waals surface area contributed by atoms with Crippen molar-refractivity contribution in [1.29, 1.82) is 0 Å². The molecule has 0 bridgehead atoms. The van der Waals surface area contributed by atoms with Gasteiger partial charge in [0, 0.05) is 22.6 Å². The maximum atomic E-state index is 14.6. The predicted octanol–water partition coefficient (Wildman–Crippen LogP) is 6.37. The molecule has 6 nitrogen and oxygen atoms in total. The second kappa shape index (κ2) is 10.3. The molecule has 1 heterocycles. The first kappa shape index (κ1) is 27.0. The lowest BCUT2D eigenvalue weighted by atomic mass is 9.80. The molecular formula is C34H31NO5S. The van der Waals surface area contributed by atoms with Crippen LogP contribution in [0.25, 0.3) is 11.3 Å². The third kappa shape index (κ3) is 4.37. The van der Waals surface area contributed by atoms with E-state index in [2.05, 4.69) is 0 Å². The molecule has 6 rings (SSSR count). The van der Waals surface area contributed by atoms with Crippen LogP contribution in [0.15, 0.2) is 125 Å². The van der Waals surface area contributed by atoms with Crippen molar-refractivity contribution in [3.8, 4) is 11.3 Å². The Morgan fingerprint density at radius 1 is 0.780 bits per heavy atom. The first-order chi connectivity index (χ1) is 19.8. The summed E-state index contributed by atoms with van der Waals surface area (Å²) in [5.74, 6) is 0.269. The SMILES string of the molecule is Cc1ccc(S(=O)(=O)N(c2ccccc2)[C@@H]2c3c(-c4ccccc4)oc(C)c3[C@@H](c3ccccc3)[C@]2(O)CO)cc1. The van der Waals surface area contributed by atoms with Gasteiger partial charge in [-0.25, -0.2) is 8.42 Å². The quantitative estimate of drug-likeness (QED) is 0.239. The van der Waals surface area contributed by atoms with Crippen LogP contribution in [-0.2, 0) is 10.0 Å². The van der Waals surface area contributed by atoms with Crippen LogP contribution >= 0.6 is 0 Å². The summed E-state index contributed by atoms with van der Waals surface area (Å²) in [5.41, 5.74) is 2.07. The van der Waals surface area contributed by atoms with Crippen molar-refractivity contribution in [2.75, 3.05) is 10.9 Å². The minimum Gasteiger partial charge on any atom is -0.461 e. The van der Waals surface area contributed by atoms with E-state index in [1.165, 1.54) is 4.31 Å². The number of hydrogen-bond donors (Lipinski definition) is 2. The fourth-order valence-electron chi connectivity index (χ4n) is 6.09. The van der Waals surface area contributed by atoms with Crippen molar-refractivity contribution in [2.45, 2.75) is 36.3 Å². The summed E-state index contributed by atoms with van der Waals surface area (Å²) in [6.07, 6.45) is 0. The van der Waals surface area contributed by atoms with Crippen molar-refractivity contribution in [1.82, 2.24) is 0 Å². The van der Waals surface area contributed by atoms with Crippen LogP contribution in [-0.4, -0.2) is 30.8 Å². The maximum Gasteiger partial charge on any atom is 0.264 e. The van der Waals surface area contributed by atoms with Gasteiger partial charge in [-0.2, -0.15) is 0 Å². The van der Waals surface area contributed by atoms with Crippen molar-refractivity contribution >= 4 is 15.7 Å². The number of hydrogen-bond acceptors (Lipinski definition) is 5. The third-order valence-electron chi connectivity index (χ3n) is 7.95. The molecular weight excluding hydrogens is 534 g/mol. The van der Waals surface area contributed by atoms with Gasteiger partial charge in [-0.3, -0.25) is 4.31 Å². The maximum absolute atomic E-state index is 14.6. The van der Waals surface area contributed by atoms with Gasteiger partial charge in [0.2, 0.25) is 0 Å². The molecule has 41 heavy (non-hydrogen) atoms. The zero-order valence-electron chi connectivity index (χ0n) is 22.8. The number of aliphatic hydroxyl groups is 2. The molecule has 4 aromatic carbocycles. The van der Waals surface area contributed by atoms with E-state index in [9.17, 15) is 18.6 Å². The lowest BCUT2D eigenvalue weighted by molar-refractivity contribution is -0.0376. The molecule has 7 heteroatoms. The van der Waals surface area contributed by atoms with Crippen LogP contribution in [0.4, 0.5) is 5.69 Å². The summed E-state index contributed by atoms with van der Waals surface area (Å²) in [4.78, 5) is 0.0819. The molecule has 0 amide bonds. The minimum atomic E-state index is -4.25. The highest BCUT2D eigenvalue weighted by Crippen LogP contribution is 2.59. The van der Waals surface area contributed by atoms with Crippen LogP contribution in [0.2, 0.25) is 0 Å². The van der Waals surface area contributed by atoms with Crippen LogP contribution < -0.4 is 4.31 Å². The second-order valence-electron chi connectivity index (χ2n) is 10.5. The van der Waals surface area contributed by atoms with E-state index in [0.717, 1.165) is 16.7 Å². The van der Waals surface area contributed by atoms with E-state index >= 15 is 0 Å². The molecule has 0 unspecified atom stereocenters. The number of aliphatic hydroxyl groups excluding tert-OH is 1. The number of anilines is 1. The highest BCUT2D eigenvalue weighted by molar-refractivity contribution is 7.92. The molecule has 1 aliphatic carbocycles. The molecule has 0 saturated heterocycles. The number of sulfonamides is 1. The average molecular weight is 566 g/mol. The summed E-state index contributed by atoms with van der Waals surface area (Å²) in [6.45, 7) is 3.03. The number of fused-ring (bicyclic) bond motifs is 1. The van der Waals surface area contributed by atoms with Gasteiger partial charge < -0.3 is 14.6 Å². The van der Waals surface area contributed by atoms with E-state index in [0.29, 0.717) is 28.3 Å². The van der Waals surface area contributed by atoms with Gasteiger partial charge in [0.15, 0.2) is 0 Å². The molecule has 0 aliphatic heterocycles. The molecule has 0 spiro atoms.